The van der Waals surface area contributed by atoms with Crippen LogP contribution in [0.1, 0.15) is 32.6 Å². The second-order valence-corrected chi connectivity index (χ2v) is 9.59. The largest absolute Gasteiger partial charge is 0.492 e. The standard InChI is InChI=1S/C22H27N5O4S/c1-2-31-21-9-5-4-8-18(21)23-22(28)12-15-27-20-11-10-17(16-19(20)24-25-27)32(29,30)26-13-6-3-7-14-26/h4-5,8-11,16H,2-3,6-7,12-15H2,1H3,(H,23,28). The number of benzene rings is 2. The predicted octanol–water partition coefficient (Wildman–Crippen LogP) is 3.03. The molecule has 1 N–H and O–H groups in total. The summed E-state index contributed by atoms with van der Waals surface area (Å²) in [6.45, 7) is 3.81. The first-order valence-electron chi connectivity index (χ1n) is 10.8. The van der Waals surface area contributed by atoms with Crippen molar-refractivity contribution in [2.75, 3.05) is 25.0 Å². The molecule has 0 radical (unpaired) electrons. The van der Waals surface area contributed by atoms with Gasteiger partial charge in [-0.3, -0.25) is 4.79 Å². The van der Waals surface area contributed by atoms with Gasteiger partial charge >= 0.3 is 0 Å². The highest BCUT2D eigenvalue weighted by Gasteiger charge is 2.26. The number of para-hydroxylation sites is 2. The van der Waals surface area contributed by atoms with Crippen LogP contribution < -0.4 is 10.1 Å². The number of fused-ring (bicyclic) bond motifs is 1. The average molecular weight is 458 g/mol. The Morgan fingerprint density at radius 1 is 1.12 bits per heavy atom. The maximum absolute atomic E-state index is 12.9. The molecule has 1 amide bonds. The lowest BCUT2D eigenvalue weighted by molar-refractivity contribution is -0.116. The van der Waals surface area contributed by atoms with Gasteiger partial charge in [0.2, 0.25) is 15.9 Å². The van der Waals surface area contributed by atoms with Gasteiger partial charge in [0.1, 0.15) is 11.3 Å². The third-order valence-electron chi connectivity index (χ3n) is 5.45. The van der Waals surface area contributed by atoms with Crippen molar-refractivity contribution in [2.45, 2.75) is 44.0 Å². The minimum Gasteiger partial charge on any atom is -0.492 e. The van der Waals surface area contributed by atoms with E-state index in [9.17, 15) is 13.2 Å². The van der Waals surface area contributed by atoms with Crippen LogP contribution in [0.15, 0.2) is 47.4 Å². The number of sulfonamides is 1. The van der Waals surface area contributed by atoms with Crippen molar-refractivity contribution in [3.63, 3.8) is 0 Å². The maximum Gasteiger partial charge on any atom is 0.243 e. The van der Waals surface area contributed by atoms with Crippen LogP contribution in [-0.4, -0.2) is 53.3 Å². The van der Waals surface area contributed by atoms with Gasteiger partial charge in [-0.05, 0) is 50.1 Å². The monoisotopic (exact) mass is 457 g/mol. The van der Waals surface area contributed by atoms with Gasteiger partial charge in [0.05, 0.1) is 29.3 Å². The number of nitrogens with one attached hydrogen (secondary N) is 1. The maximum atomic E-state index is 12.9. The second kappa shape index (κ2) is 9.66. The van der Waals surface area contributed by atoms with Gasteiger partial charge in [0.15, 0.2) is 0 Å². The van der Waals surface area contributed by atoms with Crippen molar-refractivity contribution in [3.05, 3.63) is 42.5 Å². The van der Waals surface area contributed by atoms with Crippen LogP contribution in [0.25, 0.3) is 11.0 Å². The molecule has 0 bridgehead atoms. The number of carbonyl (C=O) groups is 1. The van der Waals surface area contributed by atoms with Crippen molar-refractivity contribution in [1.29, 1.82) is 0 Å². The summed E-state index contributed by atoms with van der Waals surface area (Å²) >= 11 is 0. The van der Waals surface area contributed by atoms with Crippen molar-refractivity contribution >= 4 is 32.7 Å². The molecule has 3 aromatic rings. The molecule has 2 aromatic carbocycles. The smallest absolute Gasteiger partial charge is 0.243 e. The lowest BCUT2D eigenvalue weighted by atomic mass is 10.2. The highest BCUT2D eigenvalue weighted by atomic mass is 32.2. The molecule has 0 saturated carbocycles. The zero-order valence-corrected chi connectivity index (χ0v) is 18.8. The molecule has 0 unspecified atom stereocenters. The molecule has 0 atom stereocenters. The molecule has 10 heteroatoms. The van der Waals surface area contributed by atoms with E-state index >= 15 is 0 Å². The third kappa shape index (κ3) is 4.76. The predicted molar refractivity (Wildman–Crippen MR) is 121 cm³/mol. The number of aryl methyl sites for hydroxylation is 1. The Hall–Kier alpha value is -2.98. The number of ether oxygens (including phenoxy) is 1. The molecule has 2 heterocycles. The van der Waals surface area contributed by atoms with Gasteiger partial charge in [0.25, 0.3) is 0 Å². The molecule has 0 spiro atoms. The zero-order chi connectivity index (χ0) is 22.6. The summed E-state index contributed by atoms with van der Waals surface area (Å²) in [4.78, 5) is 12.7. The number of anilines is 1. The van der Waals surface area contributed by atoms with E-state index in [4.69, 9.17) is 4.74 Å². The number of carbonyl (C=O) groups excluding carboxylic acids is 1. The third-order valence-corrected chi connectivity index (χ3v) is 7.34. The number of amides is 1. The van der Waals surface area contributed by atoms with Crippen molar-refractivity contribution < 1.29 is 17.9 Å². The first kappa shape index (κ1) is 22.2. The molecular formula is C22H27N5O4S. The van der Waals surface area contributed by atoms with Crippen LogP contribution in [0.5, 0.6) is 5.75 Å². The summed E-state index contributed by atoms with van der Waals surface area (Å²) in [5.41, 5.74) is 1.80. The Labute approximate surface area is 187 Å². The fourth-order valence-electron chi connectivity index (χ4n) is 3.80. The van der Waals surface area contributed by atoms with Crippen LogP contribution in [0, 0.1) is 0 Å². The summed E-state index contributed by atoms with van der Waals surface area (Å²) in [6, 6.07) is 12.1. The Bertz CT molecular complexity index is 1200. The fraction of sp³-hybridized carbons (Fsp3) is 0.409. The van der Waals surface area contributed by atoms with Gasteiger partial charge in [-0.2, -0.15) is 4.31 Å². The Kier molecular flexibility index (Phi) is 6.71. The number of piperidine rings is 1. The van der Waals surface area contributed by atoms with E-state index in [0.717, 1.165) is 19.3 Å². The minimum absolute atomic E-state index is 0.176. The average Bonchev–Trinajstić information content (AvgIpc) is 3.22. The lowest BCUT2D eigenvalue weighted by Crippen LogP contribution is -2.35. The summed E-state index contributed by atoms with van der Waals surface area (Å²) in [5, 5.41) is 11.1. The van der Waals surface area contributed by atoms with Crippen LogP contribution in [0.2, 0.25) is 0 Å². The summed E-state index contributed by atoms with van der Waals surface area (Å²) in [5.74, 6) is 0.446. The number of hydrogen-bond donors (Lipinski definition) is 1. The first-order chi connectivity index (χ1) is 15.5. The molecule has 1 aliphatic rings. The van der Waals surface area contributed by atoms with Crippen LogP contribution in [0.3, 0.4) is 0 Å². The lowest BCUT2D eigenvalue weighted by Gasteiger charge is -2.25. The van der Waals surface area contributed by atoms with E-state index in [1.165, 1.54) is 4.31 Å². The number of nitrogens with zero attached hydrogens (tertiary/aromatic N) is 4. The van der Waals surface area contributed by atoms with Gasteiger partial charge in [-0.25, -0.2) is 13.1 Å². The molecule has 1 aromatic heterocycles. The molecular weight excluding hydrogens is 430 g/mol. The molecule has 9 nitrogen and oxygen atoms in total. The molecule has 170 valence electrons. The summed E-state index contributed by atoms with van der Waals surface area (Å²) < 4.78 is 34.5. The van der Waals surface area contributed by atoms with E-state index < -0.39 is 10.0 Å². The van der Waals surface area contributed by atoms with Gasteiger partial charge in [-0.1, -0.05) is 23.8 Å². The molecule has 1 aliphatic heterocycles. The number of hydrogen-bond acceptors (Lipinski definition) is 6. The highest BCUT2D eigenvalue weighted by Crippen LogP contribution is 2.25. The second-order valence-electron chi connectivity index (χ2n) is 7.66. The molecule has 32 heavy (non-hydrogen) atoms. The van der Waals surface area contributed by atoms with Crippen LogP contribution >= 0.6 is 0 Å². The molecule has 4 rings (SSSR count). The highest BCUT2D eigenvalue weighted by molar-refractivity contribution is 7.89. The first-order valence-corrected chi connectivity index (χ1v) is 12.3. The SMILES string of the molecule is CCOc1ccccc1NC(=O)CCn1nnc2cc(S(=O)(=O)N3CCCCC3)ccc21. The summed E-state index contributed by atoms with van der Waals surface area (Å²) in [6.07, 6.45) is 3.01. The minimum atomic E-state index is -3.53. The zero-order valence-electron chi connectivity index (χ0n) is 18.0. The molecule has 1 fully saturated rings. The fourth-order valence-corrected chi connectivity index (χ4v) is 5.34. The Morgan fingerprint density at radius 3 is 2.69 bits per heavy atom. The topological polar surface area (TPSA) is 106 Å². The van der Waals surface area contributed by atoms with E-state index in [-0.39, 0.29) is 17.2 Å². The van der Waals surface area contributed by atoms with E-state index in [1.807, 2.05) is 19.1 Å². The number of aromatic nitrogens is 3. The molecule has 1 saturated heterocycles. The van der Waals surface area contributed by atoms with Gasteiger partial charge in [0, 0.05) is 19.5 Å². The van der Waals surface area contributed by atoms with E-state index in [0.29, 0.717) is 48.7 Å². The van der Waals surface area contributed by atoms with Crippen molar-refractivity contribution in [2.24, 2.45) is 0 Å². The van der Waals surface area contributed by atoms with E-state index in [2.05, 4.69) is 15.6 Å². The van der Waals surface area contributed by atoms with Gasteiger partial charge in [-0.15, -0.1) is 5.10 Å². The van der Waals surface area contributed by atoms with Crippen molar-refractivity contribution in [1.82, 2.24) is 19.3 Å². The van der Waals surface area contributed by atoms with Gasteiger partial charge < -0.3 is 10.1 Å². The van der Waals surface area contributed by atoms with Crippen LogP contribution in [0.4, 0.5) is 5.69 Å². The van der Waals surface area contributed by atoms with Crippen LogP contribution in [-0.2, 0) is 21.4 Å². The summed E-state index contributed by atoms with van der Waals surface area (Å²) in [7, 11) is -3.53. The number of rotatable bonds is 8. The normalized spacial score (nSPS) is 15.0. The Morgan fingerprint density at radius 2 is 1.91 bits per heavy atom. The van der Waals surface area contributed by atoms with Crippen molar-refractivity contribution in [3.8, 4) is 5.75 Å². The Balaban J connectivity index is 1.44. The van der Waals surface area contributed by atoms with E-state index in [1.54, 1.807) is 35.0 Å². The molecule has 0 aliphatic carbocycles. The quantitative estimate of drug-likeness (QED) is 0.557.